The van der Waals surface area contributed by atoms with Crippen LogP contribution in [0.5, 0.6) is 5.75 Å². The number of sulfone groups is 1. The average Bonchev–Trinajstić information content (AvgIpc) is 3.37. The fourth-order valence-corrected chi connectivity index (χ4v) is 5.46. The van der Waals surface area contributed by atoms with Gasteiger partial charge in [0.2, 0.25) is 0 Å². The Hall–Kier alpha value is -3.33. The highest BCUT2D eigenvalue weighted by molar-refractivity contribution is 7.91. The quantitative estimate of drug-likeness (QED) is 0.615. The van der Waals surface area contributed by atoms with Gasteiger partial charge in [-0.15, -0.1) is 0 Å². The van der Waals surface area contributed by atoms with E-state index in [1.807, 2.05) is 67.5 Å². The van der Waals surface area contributed by atoms with Crippen molar-refractivity contribution in [3.63, 3.8) is 0 Å². The molecule has 1 aliphatic heterocycles. The Morgan fingerprint density at radius 1 is 1.12 bits per heavy atom. The second-order valence-electron chi connectivity index (χ2n) is 8.04. The number of benzene rings is 2. The van der Waals surface area contributed by atoms with Gasteiger partial charge in [-0.1, -0.05) is 0 Å². The van der Waals surface area contributed by atoms with Gasteiger partial charge in [-0.3, -0.25) is 9.48 Å². The van der Waals surface area contributed by atoms with E-state index >= 15 is 0 Å². The molecule has 9 heteroatoms. The maximum Gasteiger partial charge on any atom is 0.276 e. The van der Waals surface area contributed by atoms with Crippen LogP contribution in [0.2, 0.25) is 0 Å². The van der Waals surface area contributed by atoms with E-state index < -0.39 is 9.84 Å². The minimum Gasteiger partial charge on any atom is -0.497 e. The van der Waals surface area contributed by atoms with Gasteiger partial charge in [0, 0.05) is 31.0 Å². The summed E-state index contributed by atoms with van der Waals surface area (Å²) < 4.78 is 31.0. The molecule has 0 spiro atoms. The van der Waals surface area contributed by atoms with Crippen molar-refractivity contribution in [2.75, 3.05) is 42.9 Å². The molecular weight excluding hydrogens is 428 g/mol. The van der Waals surface area contributed by atoms with Crippen LogP contribution < -0.4 is 15.0 Å². The number of anilines is 2. The summed E-state index contributed by atoms with van der Waals surface area (Å²) in [5, 5.41) is 7.39. The number of methoxy groups -OCH3 is 1. The van der Waals surface area contributed by atoms with Crippen molar-refractivity contribution in [2.45, 2.75) is 12.5 Å². The first-order valence-electron chi connectivity index (χ1n) is 10.3. The van der Waals surface area contributed by atoms with E-state index in [2.05, 4.69) is 10.4 Å². The molecule has 0 saturated carbocycles. The van der Waals surface area contributed by atoms with Gasteiger partial charge < -0.3 is 15.0 Å². The zero-order valence-corrected chi connectivity index (χ0v) is 19.1. The molecule has 2 aromatic carbocycles. The molecule has 0 radical (unpaired) electrons. The van der Waals surface area contributed by atoms with Crippen LogP contribution in [0, 0.1) is 0 Å². The smallest absolute Gasteiger partial charge is 0.276 e. The number of carbonyl (C=O) groups excluding carboxylic acids is 1. The second-order valence-corrected chi connectivity index (χ2v) is 10.3. The zero-order chi connectivity index (χ0) is 22.9. The number of nitrogens with one attached hydrogen (secondary N) is 1. The van der Waals surface area contributed by atoms with Crippen LogP contribution in [-0.4, -0.2) is 56.8 Å². The lowest BCUT2D eigenvalue weighted by Crippen LogP contribution is -2.16. The van der Waals surface area contributed by atoms with Crippen LogP contribution in [0.15, 0.2) is 54.6 Å². The molecule has 1 N–H and O–H groups in total. The summed E-state index contributed by atoms with van der Waals surface area (Å²) in [7, 11) is 2.38. The van der Waals surface area contributed by atoms with E-state index in [9.17, 15) is 13.2 Å². The largest absolute Gasteiger partial charge is 0.497 e. The maximum atomic E-state index is 12.9. The molecule has 1 saturated heterocycles. The van der Waals surface area contributed by atoms with E-state index in [1.54, 1.807) is 17.9 Å². The van der Waals surface area contributed by atoms with E-state index in [-0.39, 0.29) is 29.1 Å². The topological polar surface area (TPSA) is 93.5 Å². The number of amides is 1. The molecule has 3 aromatic rings. The summed E-state index contributed by atoms with van der Waals surface area (Å²) in [6, 6.07) is 16.3. The zero-order valence-electron chi connectivity index (χ0n) is 18.3. The molecule has 0 unspecified atom stereocenters. The summed E-state index contributed by atoms with van der Waals surface area (Å²) in [6.45, 7) is 0. The number of hydrogen-bond acceptors (Lipinski definition) is 6. The fraction of sp³-hybridized carbons (Fsp3) is 0.304. The highest BCUT2D eigenvalue weighted by Crippen LogP contribution is 2.31. The highest BCUT2D eigenvalue weighted by atomic mass is 32.2. The van der Waals surface area contributed by atoms with E-state index in [1.165, 1.54) is 0 Å². The first-order chi connectivity index (χ1) is 15.3. The van der Waals surface area contributed by atoms with Crippen molar-refractivity contribution in [2.24, 2.45) is 0 Å². The summed E-state index contributed by atoms with van der Waals surface area (Å²) in [6.07, 6.45) is 0.472. The minimum absolute atomic E-state index is 0.0187. The van der Waals surface area contributed by atoms with Gasteiger partial charge in [0.05, 0.1) is 30.4 Å². The fourth-order valence-electron chi connectivity index (χ4n) is 3.77. The first kappa shape index (κ1) is 21.9. The third-order valence-corrected chi connectivity index (χ3v) is 7.30. The van der Waals surface area contributed by atoms with Crippen LogP contribution in [0.3, 0.4) is 0 Å². The SMILES string of the molecule is COc1ccc(-c2cc(C(=O)Nc3ccc(N(C)C)cc3)nn2[C@@H]2CCS(=O)(=O)C2)cc1. The lowest BCUT2D eigenvalue weighted by Gasteiger charge is -2.13. The Morgan fingerprint density at radius 3 is 2.38 bits per heavy atom. The van der Waals surface area contributed by atoms with Crippen LogP contribution in [-0.2, 0) is 9.84 Å². The predicted octanol–water partition coefficient (Wildman–Crippen LogP) is 3.24. The molecule has 8 nitrogen and oxygen atoms in total. The van der Waals surface area contributed by atoms with Crippen LogP contribution >= 0.6 is 0 Å². The molecule has 1 fully saturated rings. The van der Waals surface area contributed by atoms with Gasteiger partial charge in [-0.25, -0.2) is 8.42 Å². The van der Waals surface area contributed by atoms with Gasteiger partial charge in [0.15, 0.2) is 15.5 Å². The number of ether oxygens (including phenoxy) is 1. The molecular formula is C23H26N4O4S. The first-order valence-corrected chi connectivity index (χ1v) is 12.1. The Bertz CT molecular complexity index is 1220. The number of rotatable bonds is 6. The summed E-state index contributed by atoms with van der Waals surface area (Å²) in [5.41, 5.74) is 3.44. The Balaban J connectivity index is 1.65. The highest BCUT2D eigenvalue weighted by Gasteiger charge is 2.32. The summed E-state index contributed by atoms with van der Waals surface area (Å²) >= 11 is 0. The monoisotopic (exact) mass is 454 g/mol. The standard InChI is InChI=1S/C23H26N4O4S/c1-26(2)18-8-6-17(7-9-18)24-23(28)21-14-22(16-4-10-20(31-3)11-5-16)27(25-21)19-12-13-32(29,30)15-19/h4-11,14,19H,12-13,15H2,1-3H3,(H,24,28)/t19-/m1/s1. The van der Waals surface area contributed by atoms with Gasteiger partial charge in [-0.2, -0.15) is 5.10 Å². The van der Waals surface area contributed by atoms with Gasteiger partial charge in [0.25, 0.3) is 5.91 Å². The molecule has 1 aromatic heterocycles. The molecule has 2 heterocycles. The number of carbonyl (C=O) groups is 1. The van der Waals surface area contributed by atoms with Crippen molar-refractivity contribution < 1.29 is 17.9 Å². The normalized spacial score (nSPS) is 17.2. The molecule has 1 aliphatic rings. The Labute approximate surface area is 187 Å². The Morgan fingerprint density at radius 2 is 1.81 bits per heavy atom. The van der Waals surface area contributed by atoms with E-state index in [4.69, 9.17) is 4.74 Å². The molecule has 0 aliphatic carbocycles. The lowest BCUT2D eigenvalue weighted by atomic mass is 10.1. The molecule has 1 atom stereocenters. The number of aromatic nitrogens is 2. The van der Waals surface area contributed by atoms with Crippen molar-refractivity contribution in [3.8, 4) is 17.0 Å². The van der Waals surface area contributed by atoms with Crippen molar-refractivity contribution in [3.05, 3.63) is 60.3 Å². The lowest BCUT2D eigenvalue weighted by molar-refractivity contribution is 0.102. The molecule has 168 valence electrons. The van der Waals surface area contributed by atoms with Crippen LogP contribution in [0.1, 0.15) is 23.0 Å². The maximum absolute atomic E-state index is 12.9. The van der Waals surface area contributed by atoms with Crippen molar-refractivity contribution >= 4 is 27.1 Å². The predicted molar refractivity (Wildman–Crippen MR) is 125 cm³/mol. The minimum atomic E-state index is -3.11. The second kappa shape index (κ2) is 8.66. The van der Waals surface area contributed by atoms with Gasteiger partial charge in [0.1, 0.15) is 5.75 Å². The molecule has 1 amide bonds. The Kier molecular flexibility index (Phi) is 5.92. The summed E-state index contributed by atoms with van der Waals surface area (Å²) in [4.78, 5) is 14.9. The van der Waals surface area contributed by atoms with Gasteiger partial charge in [-0.05, 0) is 61.0 Å². The molecule has 0 bridgehead atoms. The third kappa shape index (κ3) is 4.62. The van der Waals surface area contributed by atoms with Gasteiger partial charge >= 0.3 is 0 Å². The van der Waals surface area contributed by atoms with Crippen molar-refractivity contribution in [1.82, 2.24) is 9.78 Å². The van der Waals surface area contributed by atoms with E-state index in [0.29, 0.717) is 23.6 Å². The van der Waals surface area contributed by atoms with Crippen LogP contribution in [0.25, 0.3) is 11.3 Å². The molecule has 32 heavy (non-hydrogen) atoms. The van der Waals surface area contributed by atoms with Crippen molar-refractivity contribution in [1.29, 1.82) is 0 Å². The van der Waals surface area contributed by atoms with Crippen LogP contribution in [0.4, 0.5) is 11.4 Å². The average molecular weight is 455 g/mol. The van der Waals surface area contributed by atoms with E-state index in [0.717, 1.165) is 11.3 Å². The summed E-state index contributed by atoms with van der Waals surface area (Å²) in [5.74, 6) is 0.504. The molecule has 4 rings (SSSR count). The number of nitrogens with zero attached hydrogens (tertiary/aromatic N) is 3. The number of hydrogen-bond donors (Lipinski definition) is 1. The third-order valence-electron chi connectivity index (χ3n) is 5.55.